The molecule has 0 aromatic carbocycles. The topological polar surface area (TPSA) is 72.5 Å². The highest BCUT2D eigenvalue weighted by molar-refractivity contribution is 5.68. The summed E-state index contributed by atoms with van der Waals surface area (Å²) in [5, 5.41) is 0. The average Bonchev–Trinajstić information content (AvgIpc) is 3.56. The Morgan fingerprint density at radius 1 is 0.878 bits per heavy atom. The molecular formula is C34H56O7. The molecule has 4 saturated carbocycles. The van der Waals surface area contributed by atoms with Gasteiger partial charge in [-0.2, -0.15) is 0 Å². The minimum atomic E-state index is -0.328. The minimum absolute atomic E-state index is 0.104. The molecule has 0 unspecified atom stereocenters. The number of allylic oxidation sites excluding steroid dienone is 1. The normalized spacial score (nSPS) is 39.5. The highest BCUT2D eigenvalue weighted by Gasteiger charge is 2.65. The highest BCUT2D eigenvalue weighted by Crippen LogP contribution is 2.68. The van der Waals surface area contributed by atoms with Crippen molar-refractivity contribution >= 4 is 5.97 Å². The number of methoxy groups -OCH3 is 2. The van der Waals surface area contributed by atoms with E-state index in [4.69, 9.17) is 28.4 Å². The summed E-state index contributed by atoms with van der Waals surface area (Å²) in [4.78, 5) is 11.3. The smallest absolute Gasteiger partial charge is 0.305 e. The molecule has 41 heavy (non-hydrogen) atoms. The third-order valence-electron chi connectivity index (χ3n) is 12.0. The van der Waals surface area contributed by atoms with E-state index in [0.29, 0.717) is 43.5 Å². The van der Waals surface area contributed by atoms with Gasteiger partial charge in [0, 0.05) is 26.4 Å². The summed E-state index contributed by atoms with van der Waals surface area (Å²) in [6, 6.07) is 0. The van der Waals surface area contributed by atoms with E-state index in [0.717, 1.165) is 77.4 Å². The summed E-state index contributed by atoms with van der Waals surface area (Å²) in [5.41, 5.74) is 0.393. The second-order valence-electron chi connectivity index (χ2n) is 14.1. The van der Waals surface area contributed by atoms with Crippen LogP contribution in [0.1, 0.15) is 104 Å². The number of hydrogen-bond acceptors (Lipinski definition) is 7. The molecule has 1 aliphatic heterocycles. The van der Waals surface area contributed by atoms with Gasteiger partial charge in [0.05, 0.1) is 39.1 Å². The lowest BCUT2D eigenvalue weighted by molar-refractivity contribution is -0.249. The number of carbonyl (C=O) groups is 1. The van der Waals surface area contributed by atoms with Crippen LogP contribution < -0.4 is 0 Å². The van der Waals surface area contributed by atoms with Crippen molar-refractivity contribution in [1.29, 1.82) is 0 Å². The number of unbranched alkanes of at least 4 members (excludes halogenated alkanes) is 4. The maximum absolute atomic E-state index is 11.3. The van der Waals surface area contributed by atoms with E-state index in [9.17, 15) is 4.79 Å². The van der Waals surface area contributed by atoms with Crippen LogP contribution in [0.15, 0.2) is 12.2 Å². The van der Waals surface area contributed by atoms with Crippen LogP contribution in [0.25, 0.3) is 0 Å². The Balaban J connectivity index is 1.22. The van der Waals surface area contributed by atoms with Crippen molar-refractivity contribution in [2.24, 2.45) is 34.5 Å². The largest absolute Gasteiger partial charge is 0.469 e. The molecule has 5 rings (SSSR count). The number of esters is 1. The molecular weight excluding hydrogens is 520 g/mol. The highest BCUT2D eigenvalue weighted by atomic mass is 16.7. The van der Waals surface area contributed by atoms with Crippen molar-refractivity contribution in [3.05, 3.63) is 12.2 Å². The summed E-state index contributed by atoms with van der Waals surface area (Å²) in [6.07, 6.45) is 20.1. The Labute approximate surface area is 248 Å². The van der Waals surface area contributed by atoms with Crippen LogP contribution >= 0.6 is 0 Å². The molecule has 5 aliphatic rings. The molecule has 1 spiro atoms. The van der Waals surface area contributed by atoms with Gasteiger partial charge in [-0.25, -0.2) is 0 Å². The van der Waals surface area contributed by atoms with Crippen LogP contribution in [0.4, 0.5) is 0 Å². The second kappa shape index (κ2) is 13.8. The fraction of sp³-hybridized carbons (Fsp3) is 0.912. The van der Waals surface area contributed by atoms with E-state index >= 15 is 0 Å². The van der Waals surface area contributed by atoms with Crippen molar-refractivity contribution in [1.82, 2.24) is 0 Å². The van der Waals surface area contributed by atoms with Crippen LogP contribution in [-0.2, 0) is 33.2 Å². The summed E-state index contributed by atoms with van der Waals surface area (Å²) >= 11 is 0. The molecule has 0 N–H and O–H groups in total. The zero-order valence-corrected chi connectivity index (χ0v) is 26.2. The van der Waals surface area contributed by atoms with Crippen LogP contribution in [0.5, 0.6) is 0 Å². The predicted octanol–water partition coefficient (Wildman–Crippen LogP) is 6.83. The van der Waals surface area contributed by atoms with Crippen LogP contribution in [0.3, 0.4) is 0 Å². The lowest BCUT2D eigenvalue weighted by Crippen LogP contribution is -2.61. The molecule has 5 fully saturated rings. The fourth-order valence-corrected chi connectivity index (χ4v) is 9.93. The zero-order valence-electron chi connectivity index (χ0n) is 26.2. The summed E-state index contributed by atoms with van der Waals surface area (Å²) in [6.45, 7) is 7.60. The number of rotatable bonds is 13. The van der Waals surface area contributed by atoms with E-state index < -0.39 is 0 Å². The Bertz CT molecular complexity index is 884. The SMILES string of the molecule is COCO[C@H]1CC[C@H]2[C@@H]3CC[C@H]4CC5(CC[C@]4(C)[C@H]3[C@@H](OCC=CCCCCCCC(=O)OC)C[C@]12C)OCCO5. The Morgan fingerprint density at radius 3 is 2.46 bits per heavy atom. The first-order valence-electron chi connectivity index (χ1n) is 16.6. The quantitative estimate of drug-likeness (QED) is 0.103. The van der Waals surface area contributed by atoms with Crippen molar-refractivity contribution in [3.63, 3.8) is 0 Å². The van der Waals surface area contributed by atoms with Gasteiger partial charge >= 0.3 is 5.97 Å². The van der Waals surface area contributed by atoms with E-state index in [1.54, 1.807) is 7.11 Å². The van der Waals surface area contributed by atoms with Gasteiger partial charge in [0.15, 0.2) is 5.79 Å². The van der Waals surface area contributed by atoms with Gasteiger partial charge in [-0.05, 0) is 92.3 Å². The van der Waals surface area contributed by atoms with Gasteiger partial charge in [-0.15, -0.1) is 0 Å². The van der Waals surface area contributed by atoms with Gasteiger partial charge in [-0.1, -0.05) is 38.8 Å². The third-order valence-corrected chi connectivity index (χ3v) is 12.0. The molecule has 1 saturated heterocycles. The van der Waals surface area contributed by atoms with Crippen molar-refractivity contribution < 1.29 is 33.2 Å². The van der Waals surface area contributed by atoms with E-state index in [1.165, 1.54) is 26.4 Å². The minimum Gasteiger partial charge on any atom is -0.469 e. The average molecular weight is 577 g/mol. The molecule has 4 aliphatic carbocycles. The van der Waals surface area contributed by atoms with Crippen LogP contribution in [0, 0.1) is 34.5 Å². The number of fused-ring (bicyclic) bond motifs is 5. The van der Waals surface area contributed by atoms with Gasteiger partial charge in [0.25, 0.3) is 0 Å². The van der Waals surface area contributed by atoms with Crippen molar-refractivity contribution in [3.8, 4) is 0 Å². The van der Waals surface area contributed by atoms with Gasteiger partial charge < -0.3 is 28.4 Å². The molecule has 0 radical (unpaired) electrons. The molecule has 234 valence electrons. The number of hydrogen-bond donors (Lipinski definition) is 0. The Hall–Kier alpha value is -0.990. The van der Waals surface area contributed by atoms with Crippen molar-refractivity contribution in [2.45, 2.75) is 122 Å². The van der Waals surface area contributed by atoms with Crippen molar-refractivity contribution in [2.75, 3.05) is 40.8 Å². The van der Waals surface area contributed by atoms with Gasteiger partial charge in [-0.3, -0.25) is 4.79 Å². The van der Waals surface area contributed by atoms with Gasteiger partial charge in [0.2, 0.25) is 0 Å². The molecule has 1 heterocycles. The first-order chi connectivity index (χ1) is 19.9. The number of carbonyl (C=O) groups excluding carboxylic acids is 1. The van der Waals surface area contributed by atoms with E-state index in [2.05, 4.69) is 26.0 Å². The molecule has 8 atom stereocenters. The maximum Gasteiger partial charge on any atom is 0.305 e. The predicted molar refractivity (Wildman–Crippen MR) is 157 cm³/mol. The molecule has 0 bridgehead atoms. The fourth-order valence-electron chi connectivity index (χ4n) is 9.93. The first-order valence-corrected chi connectivity index (χ1v) is 16.6. The molecule has 0 aromatic heterocycles. The van der Waals surface area contributed by atoms with Gasteiger partial charge in [0.1, 0.15) is 6.79 Å². The molecule has 0 amide bonds. The standard InChI is InChI=1S/C34H56O7/c1-32-17-18-34(40-20-21-41-34)22-25(32)13-14-26-27-15-16-29(39-24-36-3)33(27,2)23-28(31(26)32)38-19-11-9-7-5-6-8-10-12-30(35)37-4/h9,11,25-29,31H,5-8,10,12-24H2,1-4H3/t25-,26-,27-,28-,29-,31+,32-,33-/m0/s1. The lowest BCUT2D eigenvalue weighted by Gasteiger charge is -2.63. The van der Waals surface area contributed by atoms with E-state index in [1.807, 2.05) is 0 Å². The summed E-state index contributed by atoms with van der Waals surface area (Å²) in [7, 11) is 3.18. The van der Waals surface area contributed by atoms with Crippen LogP contribution in [-0.4, -0.2) is 64.8 Å². The monoisotopic (exact) mass is 576 g/mol. The summed E-state index contributed by atoms with van der Waals surface area (Å²) < 4.78 is 35.7. The van der Waals surface area contributed by atoms with E-state index in [-0.39, 0.29) is 34.8 Å². The maximum atomic E-state index is 11.3. The Kier molecular flexibility index (Phi) is 10.5. The number of ether oxygens (including phenoxy) is 6. The third kappa shape index (κ3) is 6.60. The van der Waals surface area contributed by atoms with Crippen LogP contribution in [0.2, 0.25) is 0 Å². The molecule has 0 aromatic rings. The zero-order chi connectivity index (χ0) is 28.9. The molecule has 7 nitrogen and oxygen atoms in total. The first kappa shape index (κ1) is 31.4. The lowest BCUT2D eigenvalue weighted by atomic mass is 9.44. The molecule has 7 heteroatoms. The Morgan fingerprint density at radius 2 is 1.68 bits per heavy atom. The summed E-state index contributed by atoms with van der Waals surface area (Å²) in [5.74, 6) is 2.14. The second-order valence-corrected chi connectivity index (χ2v) is 14.1.